The quantitative estimate of drug-likeness (QED) is 0.723. The lowest BCUT2D eigenvalue weighted by Crippen LogP contribution is -2.55. The zero-order valence-corrected chi connectivity index (χ0v) is 9.95. The standard InChI is InChI=1S/C11H22N2O2/c1-12-9-4-5-11(14-6-7-15-11)8-10(9)13(2)3/h9-10,12H,4-8H2,1-3H3. The first-order valence-corrected chi connectivity index (χ1v) is 5.78. The fourth-order valence-corrected chi connectivity index (χ4v) is 2.77. The van der Waals surface area contributed by atoms with Crippen molar-refractivity contribution in [3.8, 4) is 0 Å². The molecule has 0 aromatic heterocycles. The maximum absolute atomic E-state index is 5.78. The minimum atomic E-state index is -0.276. The Morgan fingerprint density at radius 1 is 1.27 bits per heavy atom. The van der Waals surface area contributed by atoms with Gasteiger partial charge in [-0.1, -0.05) is 0 Å². The van der Waals surface area contributed by atoms with Gasteiger partial charge in [-0.3, -0.25) is 0 Å². The summed E-state index contributed by atoms with van der Waals surface area (Å²) in [4.78, 5) is 2.27. The largest absolute Gasteiger partial charge is 0.347 e. The van der Waals surface area contributed by atoms with Crippen LogP contribution in [-0.2, 0) is 9.47 Å². The van der Waals surface area contributed by atoms with Crippen molar-refractivity contribution in [3.63, 3.8) is 0 Å². The highest BCUT2D eigenvalue weighted by Crippen LogP contribution is 2.37. The summed E-state index contributed by atoms with van der Waals surface area (Å²) in [6.45, 7) is 1.51. The lowest BCUT2D eigenvalue weighted by molar-refractivity contribution is -0.191. The summed E-state index contributed by atoms with van der Waals surface area (Å²) in [5, 5.41) is 3.39. The number of likely N-dealkylation sites (N-methyl/N-ethyl adjacent to an activating group) is 2. The van der Waals surface area contributed by atoms with Gasteiger partial charge in [0.05, 0.1) is 13.2 Å². The van der Waals surface area contributed by atoms with E-state index in [-0.39, 0.29) is 5.79 Å². The molecule has 2 unspecified atom stereocenters. The minimum absolute atomic E-state index is 0.276. The average Bonchev–Trinajstić information content (AvgIpc) is 2.66. The van der Waals surface area contributed by atoms with Gasteiger partial charge < -0.3 is 19.7 Å². The molecule has 0 amide bonds. The molecule has 1 heterocycles. The summed E-state index contributed by atoms with van der Waals surface area (Å²) in [7, 11) is 6.29. The Morgan fingerprint density at radius 3 is 2.47 bits per heavy atom. The summed E-state index contributed by atoms with van der Waals surface area (Å²) in [5.41, 5.74) is 0. The topological polar surface area (TPSA) is 33.7 Å². The van der Waals surface area contributed by atoms with Crippen molar-refractivity contribution in [1.29, 1.82) is 0 Å². The van der Waals surface area contributed by atoms with Crippen LogP contribution in [-0.4, -0.2) is 57.1 Å². The Labute approximate surface area is 91.9 Å². The Hall–Kier alpha value is -0.160. The molecule has 1 N–H and O–H groups in total. The Kier molecular flexibility index (Phi) is 3.30. The van der Waals surface area contributed by atoms with Gasteiger partial charge in [-0.2, -0.15) is 0 Å². The van der Waals surface area contributed by atoms with Crippen LogP contribution >= 0.6 is 0 Å². The van der Waals surface area contributed by atoms with Crippen molar-refractivity contribution >= 4 is 0 Å². The van der Waals surface area contributed by atoms with Gasteiger partial charge in [-0.05, 0) is 27.6 Å². The Morgan fingerprint density at radius 2 is 1.93 bits per heavy atom. The molecule has 88 valence electrons. The summed E-state index contributed by atoms with van der Waals surface area (Å²) >= 11 is 0. The number of ether oxygens (including phenoxy) is 2. The molecule has 0 aromatic rings. The summed E-state index contributed by atoms with van der Waals surface area (Å²) in [5.74, 6) is -0.276. The van der Waals surface area contributed by atoms with Gasteiger partial charge in [0.1, 0.15) is 0 Å². The van der Waals surface area contributed by atoms with Gasteiger partial charge in [-0.25, -0.2) is 0 Å². The molecule has 1 spiro atoms. The average molecular weight is 214 g/mol. The van der Waals surface area contributed by atoms with Gasteiger partial charge in [0, 0.05) is 24.9 Å². The van der Waals surface area contributed by atoms with Crippen LogP contribution in [0.4, 0.5) is 0 Å². The highest BCUT2D eigenvalue weighted by molar-refractivity contribution is 4.94. The van der Waals surface area contributed by atoms with Crippen LogP contribution in [0, 0.1) is 0 Å². The molecule has 4 nitrogen and oxygen atoms in total. The molecule has 2 aliphatic rings. The van der Waals surface area contributed by atoms with Gasteiger partial charge in [0.25, 0.3) is 0 Å². The van der Waals surface area contributed by atoms with Crippen molar-refractivity contribution in [2.45, 2.75) is 37.1 Å². The van der Waals surface area contributed by atoms with E-state index in [1.807, 2.05) is 7.05 Å². The zero-order chi connectivity index (χ0) is 10.9. The first-order valence-electron chi connectivity index (χ1n) is 5.78. The van der Waals surface area contributed by atoms with E-state index < -0.39 is 0 Å². The second-order valence-electron chi connectivity index (χ2n) is 4.78. The number of hydrogen-bond donors (Lipinski definition) is 1. The predicted octanol–water partition coefficient (Wildman–Crippen LogP) is 0.432. The number of nitrogens with zero attached hydrogens (tertiary/aromatic N) is 1. The third-order valence-corrected chi connectivity index (χ3v) is 3.67. The molecule has 1 aliphatic heterocycles. The molecule has 1 aliphatic carbocycles. The molecule has 1 saturated heterocycles. The molecule has 2 fully saturated rings. The second-order valence-corrected chi connectivity index (χ2v) is 4.78. The van der Waals surface area contributed by atoms with Crippen LogP contribution in [0.3, 0.4) is 0 Å². The van der Waals surface area contributed by atoms with Crippen LogP contribution in [0.25, 0.3) is 0 Å². The molecule has 1 saturated carbocycles. The number of hydrogen-bond acceptors (Lipinski definition) is 4. The van der Waals surface area contributed by atoms with E-state index in [0.29, 0.717) is 12.1 Å². The highest BCUT2D eigenvalue weighted by Gasteiger charge is 2.45. The Bertz CT molecular complexity index is 215. The smallest absolute Gasteiger partial charge is 0.170 e. The van der Waals surface area contributed by atoms with Crippen molar-refractivity contribution in [1.82, 2.24) is 10.2 Å². The molecule has 15 heavy (non-hydrogen) atoms. The maximum atomic E-state index is 5.78. The van der Waals surface area contributed by atoms with E-state index >= 15 is 0 Å². The number of rotatable bonds is 2. The van der Waals surface area contributed by atoms with E-state index in [9.17, 15) is 0 Å². The van der Waals surface area contributed by atoms with Crippen LogP contribution < -0.4 is 5.32 Å². The fraction of sp³-hybridized carbons (Fsp3) is 1.00. The highest BCUT2D eigenvalue weighted by atomic mass is 16.7. The third kappa shape index (κ3) is 2.18. The molecule has 0 aromatic carbocycles. The normalized spacial score (nSPS) is 35.2. The molecular weight excluding hydrogens is 192 g/mol. The second kappa shape index (κ2) is 4.37. The lowest BCUT2D eigenvalue weighted by atomic mass is 9.85. The van der Waals surface area contributed by atoms with Gasteiger partial charge in [0.2, 0.25) is 0 Å². The van der Waals surface area contributed by atoms with E-state index in [4.69, 9.17) is 9.47 Å². The first kappa shape index (κ1) is 11.3. The molecule has 0 bridgehead atoms. The van der Waals surface area contributed by atoms with E-state index in [2.05, 4.69) is 24.3 Å². The van der Waals surface area contributed by atoms with Crippen LogP contribution in [0.2, 0.25) is 0 Å². The lowest BCUT2D eigenvalue weighted by Gasteiger charge is -2.43. The Balaban J connectivity index is 2.05. The number of nitrogens with one attached hydrogen (secondary N) is 1. The van der Waals surface area contributed by atoms with E-state index in [0.717, 1.165) is 32.5 Å². The molecular formula is C11H22N2O2. The molecule has 2 rings (SSSR count). The predicted molar refractivity (Wildman–Crippen MR) is 58.8 cm³/mol. The van der Waals surface area contributed by atoms with Crippen molar-refractivity contribution in [3.05, 3.63) is 0 Å². The molecule has 4 heteroatoms. The minimum Gasteiger partial charge on any atom is -0.347 e. The van der Waals surface area contributed by atoms with Gasteiger partial charge >= 0.3 is 0 Å². The maximum Gasteiger partial charge on any atom is 0.170 e. The molecule has 0 radical (unpaired) electrons. The fourth-order valence-electron chi connectivity index (χ4n) is 2.77. The van der Waals surface area contributed by atoms with Crippen LogP contribution in [0.15, 0.2) is 0 Å². The van der Waals surface area contributed by atoms with Crippen LogP contribution in [0.5, 0.6) is 0 Å². The molecule has 2 atom stereocenters. The van der Waals surface area contributed by atoms with Crippen molar-refractivity contribution in [2.75, 3.05) is 34.4 Å². The van der Waals surface area contributed by atoms with Gasteiger partial charge in [-0.15, -0.1) is 0 Å². The monoisotopic (exact) mass is 214 g/mol. The van der Waals surface area contributed by atoms with Gasteiger partial charge in [0.15, 0.2) is 5.79 Å². The summed E-state index contributed by atoms with van der Waals surface area (Å²) in [6, 6.07) is 1.06. The zero-order valence-electron chi connectivity index (χ0n) is 9.95. The van der Waals surface area contributed by atoms with Crippen LogP contribution in [0.1, 0.15) is 19.3 Å². The summed E-state index contributed by atoms with van der Waals surface area (Å²) < 4.78 is 11.6. The third-order valence-electron chi connectivity index (χ3n) is 3.67. The van der Waals surface area contributed by atoms with E-state index in [1.165, 1.54) is 0 Å². The first-order chi connectivity index (χ1) is 7.17. The summed E-state index contributed by atoms with van der Waals surface area (Å²) in [6.07, 6.45) is 3.12. The SMILES string of the molecule is CNC1CCC2(CC1N(C)C)OCCO2. The van der Waals surface area contributed by atoms with Crippen molar-refractivity contribution < 1.29 is 9.47 Å². The van der Waals surface area contributed by atoms with Crippen molar-refractivity contribution in [2.24, 2.45) is 0 Å². The van der Waals surface area contributed by atoms with E-state index in [1.54, 1.807) is 0 Å².